The molecule has 0 aromatic heterocycles. The van der Waals surface area contributed by atoms with Gasteiger partial charge in [0.25, 0.3) is 0 Å². The van der Waals surface area contributed by atoms with Crippen LogP contribution in [0.2, 0.25) is 0 Å². The molecular formula is C26H33N5O5S. The van der Waals surface area contributed by atoms with Crippen molar-refractivity contribution in [1.82, 2.24) is 5.48 Å². The van der Waals surface area contributed by atoms with Crippen LogP contribution < -0.4 is 21.3 Å². The molecule has 11 heteroatoms. The Morgan fingerprint density at radius 2 is 1.65 bits per heavy atom. The number of nitrogens with one attached hydrogen (secondary N) is 4. The average Bonchev–Trinajstić information content (AvgIpc) is 2.88. The van der Waals surface area contributed by atoms with Crippen molar-refractivity contribution in [3.05, 3.63) is 78.4 Å². The van der Waals surface area contributed by atoms with Crippen molar-refractivity contribution in [3.8, 4) is 11.1 Å². The SMILES string of the molecule is CCC(C)C(C)Nc1cccc(C(=N)NO)c1.NS(=O)(=O)c1ccccc1-c1ccc(NC(=O)O)cc1. The van der Waals surface area contributed by atoms with E-state index in [2.05, 4.69) is 31.4 Å². The molecule has 0 saturated heterocycles. The Bertz CT molecular complexity index is 1310. The fourth-order valence-electron chi connectivity index (χ4n) is 3.40. The van der Waals surface area contributed by atoms with Crippen molar-refractivity contribution in [2.75, 3.05) is 10.6 Å². The summed E-state index contributed by atoms with van der Waals surface area (Å²) in [6.45, 7) is 6.53. The molecule has 2 unspecified atom stereocenters. The van der Waals surface area contributed by atoms with Crippen LogP contribution in [0.3, 0.4) is 0 Å². The molecule has 0 saturated carbocycles. The number of nitrogens with two attached hydrogens (primary N) is 1. The maximum Gasteiger partial charge on any atom is 0.409 e. The molecule has 3 aromatic carbocycles. The van der Waals surface area contributed by atoms with Gasteiger partial charge in [0.05, 0.1) is 4.90 Å². The van der Waals surface area contributed by atoms with E-state index in [1.807, 2.05) is 23.7 Å². The molecule has 3 aromatic rings. The van der Waals surface area contributed by atoms with Gasteiger partial charge in [-0.25, -0.2) is 18.4 Å². The standard InChI is InChI=1S/C13H21N3O.C13H12N2O4S/c1-4-9(2)10(3)15-12-7-5-6-11(8-12)13(14)16-17;14-20(18,19)12-4-2-1-3-11(12)9-5-7-10(8-6-9)15-13(16)17/h5-10,15,17H,4H2,1-3H3,(H2,14,16);1-8,15H,(H,16,17)(H2,14,18,19). The first-order chi connectivity index (χ1) is 17.5. The number of anilines is 2. The molecule has 2 atom stereocenters. The van der Waals surface area contributed by atoms with Gasteiger partial charge in [0.2, 0.25) is 10.0 Å². The minimum absolute atomic E-state index is 0.00448. The highest BCUT2D eigenvalue weighted by atomic mass is 32.2. The van der Waals surface area contributed by atoms with Gasteiger partial charge >= 0.3 is 6.09 Å². The van der Waals surface area contributed by atoms with E-state index in [0.29, 0.717) is 34.3 Å². The van der Waals surface area contributed by atoms with Crippen LogP contribution in [0.5, 0.6) is 0 Å². The number of rotatable bonds is 8. The third-order valence-electron chi connectivity index (χ3n) is 5.80. The zero-order valence-corrected chi connectivity index (χ0v) is 21.7. The Kier molecular flexibility index (Phi) is 10.6. The second-order valence-electron chi connectivity index (χ2n) is 8.43. The largest absolute Gasteiger partial charge is 0.465 e. The molecule has 1 amide bonds. The van der Waals surface area contributed by atoms with Gasteiger partial charge in [-0.2, -0.15) is 0 Å². The van der Waals surface area contributed by atoms with Crippen LogP contribution in [-0.2, 0) is 10.0 Å². The Labute approximate surface area is 217 Å². The zero-order chi connectivity index (χ0) is 27.6. The zero-order valence-electron chi connectivity index (χ0n) is 20.9. The van der Waals surface area contributed by atoms with Gasteiger partial charge in [0.15, 0.2) is 0 Å². The fraction of sp³-hybridized carbons (Fsp3) is 0.231. The summed E-state index contributed by atoms with van der Waals surface area (Å²) < 4.78 is 23.1. The Balaban J connectivity index is 0.000000264. The lowest BCUT2D eigenvalue weighted by Gasteiger charge is -2.21. The lowest BCUT2D eigenvalue weighted by molar-refractivity contribution is 0.209. The van der Waals surface area contributed by atoms with Crippen molar-refractivity contribution >= 4 is 33.3 Å². The van der Waals surface area contributed by atoms with Crippen LogP contribution in [0, 0.1) is 11.3 Å². The molecule has 0 aliphatic carbocycles. The number of amides is 1. The smallest absolute Gasteiger partial charge is 0.409 e. The molecule has 10 nitrogen and oxygen atoms in total. The van der Waals surface area contributed by atoms with Crippen molar-refractivity contribution in [1.29, 1.82) is 5.41 Å². The van der Waals surface area contributed by atoms with Crippen LogP contribution >= 0.6 is 0 Å². The Hall–Kier alpha value is -3.93. The normalized spacial score (nSPS) is 12.4. The topological polar surface area (TPSA) is 178 Å². The van der Waals surface area contributed by atoms with Crippen LogP contribution in [0.1, 0.15) is 32.8 Å². The molecule has 0 fully saturated rings. The predicted molar refractivity (Wildman–Crippen MR) is 146 cm³/mol. The first-order valence-corrected chi connectivity index (χ1v) is 13.1. The highest BCUT2D eigenvalue weighted by Gasteiger charge is 2.14. The number of sulfonamides is 1. The van der Waals surface area contributed by atoms with E-state index in [0.717, 1.165) is 12.1 Å². The molecule has 0 spiro atoms. The third kappa shape index (κ3) is 8.90. The number of primary sulfonamides is 1. The monoisotopic (exact) mass is 527 g/mol. The molecule has 0 aliphatic rings. The molecule has 37 heavy (non-hydrogen) atoms. The number of hydroxylamine groups is 1. The van der Waals surface area contributed by atoms with E-state index < -0.39 is 16.1 Å². The average molecular weight is 528 g/mol. The molecule has 8 N–H and O–H groups in total. The number of amidine groups is 1. The summed E-state index contributed by atoms with van der Waals surface area (Å²) in [4.78, 5) is 10.5. The number of benzene rings is 3. The van der Waals surface area contributed by atoms with Gasteiger partial charge in [0, 0.05) is 28.5 Å². The maximum absolute atomic E-state index is 11.5. The van der Waals surface area contributed by atoms with Crippen molar-refractivity contribution < 1.29 is 23.5 Å². The first-order valence-electron chi connectivity index (χ1n) is 11.5. The summed E-state index contributed by atoms with van der Waals surface area (Å²) >= 11 is 0. The second kappa shape index (κ2) is 13.4. The van der Waals surface area contributed by atoms with Crippen LogP contribution in [0.4, 0.5) is 16.2 Å². The fourth-order valence-corrected chi connectivity index (χ4v) is 4.16. The number of carbonyl (C=O) groups is 1. The number of hydrogen-bond acceptors (Lipinski definition) is 6. The molecule has 198 valence electrons. The maximum atomic E-state index is 11.5. The van der Waals surface area contributed by atoms with Crippen LogP contribution in [0.15, 0.2) is 77.7 Å². The first kappa shape index (κ1) is 29.3. The van der Waals surface area contributed by atoms with Gasteiger partial charge in [-0.3, -0.25) is 21.4 Å². The van der Waals surface area contributed by atoms with Crippen molar-refractivity contribution in [2.45, 2.75) is 38.1 Å². The minimum atomic E-state index is -3.82. The molecule has 0 bridgehead atoms. The van der Waals surface area contributed by atoms with E-state index >= 15 is 0 Å². The predicted octanol–water partition coefficient (Wildman–Crippen LogP) is 4.93. The second-order valence-corrected chi connectivity index (χ2v) is 9.96. The third-order valence-corrected chi connectivity index (χ3v) is 6.76. The van der Waals surface area contributed by atoms with Crippen LogP contribution in [-0.4, -0.2) is 36.7 Å². The summed E-state index contributed by atoms with van der Waals surface area (Å²) in [6, 6.07) is 20.5. The van der Waals surface area contributed by atoms with Crippen LogP contribution in [0.25, 0.3) is 11.1 Å². The number of hydrogen-bond donors (Lipinski definition) is 7. The Morgan fingerprint density at radius 3 is 2.22 bits per heavy atom. The quantitative estimate of drug-likeness (QED) is 0.123. The van der Waals surface area contributed by atoms with Gasteiger partial charge in [-0.05, 0) is 48.7 Å². The highest BCUT2D eigenvalue weighted by molar-refractivity contribution is 7.89. The highest BCUT2D eigenvalue weighted by Crippen LogP contribution is 2.27. The van der Waals surface area contributed by atoms with E-state index in [-0.39, 0.29) is 10.7 Å². The number of carboxylic acid groups (broad SMARTS) is 1. The summed E-state index contributed by atoms with van der Waals surface area (Å²) in [6.07, 6.45) is -0.0373. The summed E-state index contributed by atoms with van der Waals surface area (Å²) in [5.41, 5.74) is 4.98. The van der Waals surface area contributed by atoms with Gasteiger partial charge in [-0.15, -0.1) is 0 Å². The van der Waals surface area contributed by atoms with E-state index in [1.165, 1.54) is 6.07 Å². The molecule has 0 radical (unpaired) electrons. The molecule has 0 heterocycles. The van der Waals surface area contributed by atoms with E-state index in [4.69, 9.17) is 20.9 Å². The van der Waals surface area contributed by atoms with E-state index in [1.54, 1.807) is 48.5 Å². The molecule has 0 aliphatic heterocycles. The van der Waals surface area contributed by atoms with Crippen molar-refractivity contribution in [2.24, 2.45) is 11.1 Å². The summed E-state index contributed by atoms with van der Waals surface area (Å²) in [5.74, 6) is 0.596. The molecular weight excluding hydrogens is 494 g/mol. The van der Waals surface area contributed by atoms with Gasteiger partial charge in [-0.1, -0.05) is 62.7 Å². The lowest BCUT2D eigenvalue weighted by Crippen LogP contribution is -2.24. The summed E-state index contributed by atoms with van der Waals surface area (Å²) in [7, 11) is -3.82. The summed E-state index contributed by atoms with van der Waals surface area (Å²) in [5, 5.41) is 35.6. The lowest BCUT2D eigenvalue weighted by atomic mass is 10.0. The van der Waals surface area contributed by atoms with Gasteiger partial charge in [0.1, 0.15) is 5.84 Å². The minimum Gasteiger partial charge on any atom is -0.465 e. The molecule has 3 rings (SSSR count). The van der Waals surface area contributed by atoms with Crippen molar-refractivity contribution in [3.63, 3.8) is 0 Å². The van der Waals surface area contributed by atoms with Gasteiger partial charge < -0.3 is 10.4 Å². The van der Waals surface area contributed by atoms with E-state index in [9.17, 15) is 13.2 Å². The Morgan fingerprint density at radius 1 is 1.00 bits per heavy atom.